The van der Waals surface area contributed by atoms with Gasteiger partial charge in [-0.15, -0.1) is 0 Å². The number of nitrogens with zero attached hydrogens (tertiary/aromatic N) is 2. The Morgan fingerprint density at radius 1 is 1.36 bits per heavy atom. The third kappa shape index (κ3) is 6.02. The summed E-state index contributed by atoms with van der Waals surface area (Å²) in [6.07, 6.45) is 1.92. The predicted molar refractivity (Wildman–Crippen MR) is 92.0 cm³/mol. The lowest BCUT2D eigenvalue weighted by Gasteiger charge is -2.30. The van der Waals surface area contributed by atoms with Crippen LogP contribution in [-0.2, 0) is 11.3 Å². The van der Waals surface area contributed by atoms with Crippen LogP contribution in [0.15, 0.2) is 23.3 Å². The van der Waals surface area contributed by atoms with Gasteiger partial charge in [0, 0.05) is 26.4 Å². The second kappa shape index (κ2) is 8.73. The molecule has 1 aromatic rings. The molecule has 0 aliphatic carbocycles. The molecule has 1 aromatic heterocycles. The molecule has 0 saturated carbocycles. The van der Waals surface area contributed by atoms with Crippen molar-refractivity contribution in [1.82, 2.24) is 15.6 Å². The zero-order chi connectivity index (χ0) is 16.6. The lowest BCUT2D eigenvalue weighted by molar-refractivity contribution is 0.0205. The predicted octanol–water partition coefficient (Wildman–Crippen LogP) is 2.51. The highest BCUT2D eigenvalue weighted by Crippen LogP contribution is 2.20. The summed E-state index contributed by atoms with van der Waals surface area (Å²) < 4.78 is 5.57. The summed E-state index contributed by atoms with van der Waals surface area (Å²) in [6.45, 7) is 12.7. The molecule has 124 valence electrons. The van der Waals surface area contributed by atoms with Gasteiger partial charge in [0.05, 0.1) is 18.3 Å². The van der Waals surface area contributed by atoms with E-state index in [4.69, 9.17) is 4.74 Å². The van der Waals surface area contributed by atoms with Crippen molar-refractivity contribution < 1.29 is 4.74 Å². The highest BCUT2D eigenvalue weighted by Gasteiger charge is 2.24. The van der Waals surface area contributed by atoms with Crippen molar-refractivity contribution in [2.75, 3.05) is 20.2 Å². The normalized spacial score (nSPS) is 13.8. The van der Waals surface area contributed by atoms with Gasteiger partial charge in [0.2, 0.25) is 0 Å². The molecule has 1 rings (SSSR count). The van der Waals surface area contributed by atoms with Crippen molar-refractivity contribution in [1.29, 1.82) is 0 Å². The molecule has 0 fully saturated rings. The molecule has 0 bridgehead atoms. The first-order chi connectivity index (χ1) is 10.4. The number of rotatable bonds is 6. The average Bonchev–Trinajstić information content (AvgIpc) is 2.45. The van der Waals surface area contributed by atoms with E-state index in [0.717, 1.165) is 23.8 Å². The third-order valence-corrected chi connectivity index (χ3v) is 3.55. The zero-order valence-electron chi connectivity index (χ0n) is 14.7. The van der Waals surface area contributed by atoms with E-state index >= 15 is 0 Å². The largest absolute Gasteiger partial charge is 0.379 e. The quantitative estimate of drug-likeness (QED) is 0.626. The molecular weight excluding hydrogens is 276 g/mol. The highest BCUT2D eigenvalue weighted by molar-refractivity contribution is 5.79. The van der Waals surface area contributed by atoms with Crippen LogP contribution in [0.3, 0.4) is 0 Å². The summed E-state index contributed by atoms with van der Waals surface area (Å²) >= 11 is 0. The van der Waals surface area contributed by atoms with Crippen LogP contribution in [-0.4, -0.2) is 37.2 Å². The fraction of sp³-hybridized carbons (Fsp3) is 0.647. The second-order valence-corrected chi connectivity index (χ2v) is 6.43. The van der Waals surface area contributed by atoms with E-state index in [0.29, 0.717) is 13.1 Å². The fourth-order valence-electron chi connectivity index (χ4n) is 2.11. The Kier molecular flexibility index (Phi) is 7.32. The molecule has 5 heteroatoms. The molecule has 1 atom stereocenters. The van der Waals surface area contributed by atoms with Crippen molar-refractivity contribution in [2.45, 2.75) is 47.3 Å². The monoisotopic (exact) mass is 306 g/mol. The Bertz CT molecular complexity index is 480. The Morgan fingerprint density at radius 3 is 2.64 bits per heavy atom. The first-order valence-corrected chi connectivity index (χ1v) is 7.84. The van der Waals surface area contributed by atoms with Crippen LogP contribution in [0.1, 0.15) is 39.0 Å². The minimum Gasteiger partial charge on any atom is -0.379 e. The van der Waals surface area contributed by atoms with Crippen LogP contribution in [0.5, 0.6) is 0 Å². The van der Waals surface area contributed by atoms with E-state index < -0.39 is 0 Å². The molecule has 0 amide bonds. The number of hydrogen-bond donors (Lipinski definition) is 2. The van der Waals surface area contributed by atoms with Crippen LogP contribution in [0.25, 0.3) is 0 Å². The molecule has 0 aliphatic rings. The molecule has 1 heterocycles. The van der Waals surface area contributed by atoms with Gasteiger partial charge in [-0.25, -0.2) is 4.99 Å². The van der Waals surface area contributed by atoms with Gasteiger partial charge in [0.25, 0.3) is 0 Å². The number of pyridine rings is 1. The lowest BCUT2D eigenvalue weighted by atomic mass is 9.89. The smallest absolute Gasteiger partial charge is 0.191 e. The number of hydrogen-bond acceptors (Lipinski definition) is 3. The van der Waals surface area contributed by atoms with Crippen molar-refractivity contribution in [2.24, 2.45) is 10.4 Å². The molecular formula is C17H30N4O. The first kappa shape index (κ1) is 18.4. The highest BCUT2D eigenvalue weighted by atomic mass is 16.5. The molecule has 5 nitrogen and oxygen atoms in total. The van der Waals surface area contributed by atoms with Crippen LogP contribution in [0.4, 0.5) is 0 Å². The maximum absolute atomic E-state index is 5.57. The third-order valence-electron chi connectivity index (χ3n) is 3.55. The van der Waals surface area contributed by atoms with E-state index in [-0.39, 0.29) is 11.5 Å². The molecule has 1 unspecified atom stereocenters. The summed E-state index contributed by atoms with van der Waals surface area (Å²) in [5.41, 5.74) is 2.24. The van der Waals surface area contributed by atoms with Gasteiger partial charge >= 0.3 is 0 Å². The molecule has 22 heavy (non-hydrogen) atoms. The second-order valence-electron chi connectivity index (χ2n) is 6.43. The van der Waals surface area contributed by atoms with Gasteiger partial charge in [0.1, 0.15) is 0 Å². The summed E-state index contributed by atoms with van der Waals surface area (Å²) in [5.74, 6) is 0.791. The van der Waals surface area contributed by atoms with Crippen LogP contribution >= 0.6 is 0 Å². The SMILES string of the molecule is CCNC(=NCc1ncccc1C)NCC(OC)C(C)(C)C. The van der Waals surface area contributed by atoms with E-state index in [1.165, 1.54) is 0 Å². The summed E-state index contributed by atoms with van der Waals surface area (Å²) in [7, 11) is 1.75. The molecule has 0 radical (unpaired) electrons. The van der Waals surface area contributed by atoms with Crippen LogP contribution < -0.4 is 10.6 Å². The Morgan fingerprint density at radius 2 is 2.09 bits per heavy atom. The van der Waals surface area contributed by atoms with Crippen molar-refractivity contribution in [3.8, 4) is 0 Å². The van der Waals surface area contributed by atoms with Crippen molar-refractivity contribution in [3.05, 3.63) is 29.6 Å². The first-order valence-electron chi connectivity index (χ1n) is 7.84. The Labute approximate surface area is 134 Å². The van der Waals surface area contributed by atoms with Gasteiger partial charge in [-0.2, -0.15) is 0 Å². The number of aryl methyl sites for hydroxylation is 1. The van der Waals surface area contributed by atoms with Crippen molar-refractivity contribution >= 4 is 5.96 Å². The topological polar surface area (TPSA) is 58.5 Å². The Balaban J connectivity index is 2.68. The number of aliphatic imine (C=N–C) groups is 1. The van der Waals surface area contributed by atoms with Crippen molar-refractivity contribution in [3.63, 3.8) is 0 Å². The van der Waals surface area contributed by atoms with Crippen LogP contribution in [0, 0.1) is 12.3 Å². The summed E-state index contributed by atoms with van der Waals surface area (Å²) in [6, 6.07) is 4.00. The number of methoxy groups -OCH3 is 1. The van der Waals surface area contributed by atoms with E-state index in [1.807, 2.05) is 6.07 Å². The number of nitrogens with one attached hydrogen (secondary N) is 2. The van der Waals surface area contributed by atoms with E-state index in [9.17, 15) is 0 Å². The molecule has 0 aromatic carbocycles. The summed E-state index contributed by atoms with van der Waals surface area (Å²) in [5, 5.41) is 6.61. The molecule has 2 N–H and O–H groups in total. The number of guanidine groups is 1. The van der Waals surface area contributed by atoms with Crippen LogP contribution in [0.2, 0.25) is 0 Å². The minimum atomic E-state index is 0.0800. The van der Waals surface area contributed by atoms with E-state index in [2.05, 4.69) is 61.3 Å². The van der Waals surface area contributed by atoms with Gasteiger partial charge in [-0.3, -0.25) is 4.98 Å². The molecule has 0 saturated heterocycles. The molecule has 0 spiro atoms. The van der Waals surface area contributed by atoms with Gasteiger partial charge < -0.3 is 15.4 Å². The standard InChI is InChI=1S/C17H30N4O/c1-7-18-16(21-12-15(22-6)17(3,4)5)20-11-14-13(2)9-8-10-19-14/h8-10,15H,7,11-12H2,1-6H3,(H2,18,20,21). The maximum Gasteiger partial charge on any atom is 0.191 e. The van der Waals surface area contributed by atoms with Gasteiger partial charge in [-0.05, 0) is 30.9 Å². The minimum absolute atomic E-state index is 0.0800. The number of aromatic nitrogens is 1. The Hall–Kier alpha value is -1.62. The summed E-state index contributed by atoms with van der Waals surface area (Å²) in [4.78, 5) is 8.98. The van der Waals surface area contributed by atoms with Gasteiger partial charge in [0.15, 0.2) is 5.96 Å². The fourth-order valence-corrected chi connectivity index (χ4v) is 2.11. The van der Waals surface area contributed by atoms with E-state index in [1.54, 1.807) is 13.3 Å². The van der Waals surface area contributed by atoms with Gasteiger partial charge in [-0.1, -0.05) is 26.8 Å². The number of ether oxygens (including phenoxy) is 1. The maximum atomic E-state index is 5.57. The lowest BCUT2D eigenvalue weighted by Crippen LogP contribution is -2.45. The molecule has 0 aliphatic heterocycles. The zero-order valence-corrected chi connectivity index (χ0v) is 14.7. The average molecular weight is 306 g/mol.